The molecule has 1 aliphatic heterocycles. The number of aliphatic hydroxyl groups excluding tert-OH is 1. The normalized spacial score (nSPS) is 25.2. The summed E-state index contributed by atoms with van der Waals surface area (Å²) in [6.07, 6.45) is -0.134. The Morgan fingerprint density at radius 3 is 3.09 bits per heavy atom. The molecule has 3 N–H and O–H groups in total. The summed E-state index contributed by atoms with van der Waals surface area (Å²) >= 11 is 4.78. The average Bonchev–Trinajstić information content (AvgIpc) is 2.05. The number of ether oxygens (including phenoxy) is 1. The van der Waals surface area contributed by atoms with Crippen molar-refractivity contribution in [1.82, 2.24) is 4.90 Å². The lowest BCUT2D eigenvalue weighted by molar-refractivity contribution is -0.0337. The predicted octanol–water partition coefficient (Wildman–Crippen LogP) is -1.08. The van der Waals surface area contributed by atoms with Gasteiger partial charge in [-0.1, -0.05) is 0 Å². The van der Waals surface area contributed by atoms with E-state index in [4.69, 9.17) is 27.8 Å². The maximum absolute atomic E-state index is 8.75. The van der Waals surface area contributed by atoms with Crippen molar-refractivity contribution in [3.63, 3.8) is 0 Å². The molecule has 1 aliphatic rings. The highest BCUT2D eigenvalue weighted by Crippen LogP contribution is 2.03. The first-order valence-corrected chi connectivity index (χ1v) is 3.91. The smallest absolute Gasteiger partial charge is 0.166 e. The van der Waals surface area contributed by atoms with Gasteiger partial charge in [0.25, 0.3) is 0 Å². The van der Waals surface area contributed by atoms with Crippen molar-refractivity contribution < 1.29 is 9.84 Å². The molecule has 0 aromatic heterocycles. The van der Waals surface area contributed by atoms with E-state index in [9.17, 15) is 0 Å². The van der Waals surface area contributed by atoms with Crippen molar-refractivity contribution in [3.05, 3.63) is 0 Å². The number of thiocarbonyl (C=S) groups is 1. The van der Waals surface area contributed by atoms with Crippen LogP contribution in [0, 0.1) is 0 Å². The Morgan fingerprint density at radius 2 is 2.55 bits per heavy atom. The van der Waals surface area contributed by atoms with Crippen molar-refractivity contribution in [3.8, 4) is 0 Å². The molecule has 11 heavy (non-hydrogen) atoms. The summed E-state index contributed by atoms with van der Waals surface area (Å²) in [5, 5.41) is 9.14. The Kier molecular flexibility index (Phi) is 3.04. The third kappa shape index (κ3) is 2.28. The van der Waals surface area contributed by atoms with Crippen LogP contribution in [0.5, 0.6) is 0 Å². The molecule has 1 saturated heterocycles. The van der Waals surface area contributed by atoms with Gasteiger partial charge in [-0.15, -0.1) is 0 Å². The zero-order valence-corrected chi connectivity index (χ0v) is 7.01. The van der Waals surface area contributed by atoms with Crippen LogP contribution in [0.3, 0.4) is 0 Å². The number of nitrogens with two attached hydrogens (primary N) is 1. The van der Waals surface area contributed by atoms with Crippen molar-refractivity contribution in [1.29, 1.82) is 0 Å². The van der Waals surface area contributed by atoms with Crippen LogP contribution < -0.4 is 5.73 Å². The highest BCUT2D eigenvalue weighted by molar-refractivity contribution is 7.80. The molecule has 1 atom stereocenters. The van der Waals surface area contributed by atoms with Crippen LogP contribution >= 0.6 is 12.2 Å². The molecule has 1 rings (SSSR count). The highest BCUT2D eigenvalue weighted by atomic mass is 32.1. The lowest BCUT2D eigenvalue weighted by Crippen LogP contribution is -2.48. The van der Waals surface area contributed by atoms with Crippen molar-refractivity contribution in [2.45, 2.75) is 6.10 Å². The summed E-state index contributed by atoms with van der Waals surface area (Å²) < 4.78 is 5.20. The van der Waals surface area contributed by atoms with Gasteiger partial charge in [-0.25, -0.2) is 0 Å². The summed E-state index contributed by atoms with van der Waals surface area (Å²) in [7, 11) is 0. The second-order valence-corrected chi connectivity index (χ2v) is 2.88. The molecule has 0 aliphatic carbocycles. The number of nitrogens with zero attached hydrogens (tertiary/aromatic N) is 1. The second kappa shape index (κ2) is 3.85. The molecule has 4 nitrogen and oxygen atoms in total. The molecule has 0 aromatic rings. The van der Waals surface area contributed by atoms with Crippen LogP contribution in [0.25, 0.3) is 0 Å². The first kappa shape index (κ1) is 8.70. The van der Waals surface area contributed by atoms with Gasteiger partial charge in [0.2, 0.25) is 0 Å². The predicted molar refractivity (Wildman–Crippen MR) is 45.2 cm³/mol. The standard InChI is InChI=1S/C6H12N2O2S/c7-6(11)8-1-2-10-5(3-8)4-9/h5,9H,1-4H2,(H2,7,11). The SMILES string of the molecule is NC(=S)N1CCOC(CO)C1. The molecule has 0 spiro atoms. The average molecular weight is 176 g/mol. The minimum absolute atomic E-state index is 0.0269. The van der Waals surface area contributed by atoms with Gasteiger partial charge >= 0.3 is 0 Å². The van der Waals surface area contributed by atoms with Crippen molar-refractivity contribution in [2.75, 3.05) is 26.3 Å². The van der Waals surface area contributed by atoms with Crippen LogP contribution in [0.1, 0.15) is 0 Å². The summed E-state index contributed by atoms with van der Waals surface area (Å²) in [6, 6.07) is 0. The third-order valence-corrected chi connectivity index (χ3v) is 1.91. The Morgan fingerprint density at radius 1 is 1.82 bits per heavy atom. The van der Waals surface area contributed by atoms with Gasteiger partial charge in [-0.2, -0.15) is 0 Å². The van der Waals surface area contributed by atoms with E-state index in [-0.39, 0.29) is 12.7 Å². The van der Waals surface area contributed by atoms with E-state index in [1.807, 2.05) is 4.90 Å². The quantitative estimate of drug-likeness (QED) is 0.498. The van der Waals surface area contributed by atoms with E-state index in [2.05, 4.69) is 0 Å². The van der Waals surface area contributed by atoms with E-state index in [1.54, 1.807) is 0 Å². The summed E-state index contributed by atoms with van der Waals surface area (Å²) in [6.45, 7) is 1.94. The zero-order chi connectivity index (χ0) is 8.27. The summed E-state index contributed by atoms with van der Waals surface area (Å²) in [5.41, 5.74) is 5.40. The van der Waals surface area contributed by atoms with E-state index in [1.165, 1.54) is 0 Å². The number of morpholine rings is 1. The maximum Gasteiger partial charge on any atom is 0.166 e. The minimum atomic E-state index is -0.134. The largest absolute Gasteiger partial charge is 0.394 e. The molecule has 1 heterocycles. The number of aliphatic hydroxyl groups is 1. The van der Waals surface area contributed by atoms with E-state index in [0.717, 1.165) is 6.54 Å². The van der Waals surface area contributed by atoms with E-state index in [0.29, 0.717) is 18.3 Å². The fraction of sp³-hybridized carbons (Fsp3) is 0.833. The number of hydrogen-bond donors (Lipinski definition) is 2. The van der Waals surface area contributed by atoms with Gasteiger partial charge in [-0.3, -0.25) is 0 Å². The number of rotatable bonds is 1. The van der Waals surface area contributed by atoms with Crippen LogP contribution in [0.2, 0.25) is 0 Å². The van der Waals surface area contributed by atoms with Gasteiger partial charge in [0.1, 0.15) is 0 Å². The van der Waals surface area contributed by atoms with Crippen LogP contribution in [-0.2, 0) is 4.74 Å². The maximum atomic E-state index is 8.75. The molecule has 1 unspecified atom stereocenters. The molecule has 0 aromatic carbocycles. The zero-order valence-electron chi connectivity index (χ0n) is 6.19. The van der Waals surface area contributed by atoms with Crippen molar-refractivity contribution >= 4 is 17.3 Å². The Balaban J connectivity index is 2.39. The first-order chi connectivity index (χ1) is 5.24. The van der Waals surface area contributed by atoms with Gasteiger partial charge in [0, 0.05) is 13.1 Å². The molecule has 0 bridgehead atoms. The molecule has 64 valence electrons. The monoisotopic (exact) mass is 176 g/mol. The first-order valence-electron chi connectivity index (χ1n) is 3.51. The summed E-state index contributed by atoms with van der Waals surface area (Å²) in [5.74, 6) is 0. The van der Waals surface area contributed by atoms with E-state index < -0.39 is 0 Å². The highest BCUT2D eigenvalue weighted by Gasteiger charge is 2.19. The lowest BCUT2D eigenvalue weighted by Gasteiger charge is -2.32. The minimum Gasteiger partial charge on any atom is -0.394 e. The number of hydrogen-bond acceptors (Lipinski definition) is 3. The Hall–Kier alpha value is -0.390. The van der Waals surface area contributed by atoms with Gasteiger partial charge < -0.3 is 20.5 Å². The molecule has 5 heteroatoms. The molecular weight excluding hydrogens is 164 g/mol. The molecule has 0 radical (unpaired) electrons. The van der Waals surface area contributed by atoms with E-state index >= 15 is 0 Å². The molecular formula is C6H12N2O2S. The second-order valence-electron chi connectivity index (χ2n) is 2.46. The summed E-state index contributed by atoms with van der Waals surface area (Å²) in [4.78, 5) is 1.83. The topological polar surface area (TPSA) is 58.7 Å². The van der Waals surface area contributed by atoms with Crippen molar-refractivity contribution in [2.24, 2.45) is 5.73 Å². The van der Waals surface area contributed by atoms with Gasteiger partial charge in [0.05, 0.1) is 19.3 Å². The fourth-order valence-corrected chi connectivity index (χ4v) is 1.20. The third-order valence-electron chi connectivity index (χ3n) is 1.65. The van der Waals surface area contributed by atoms with Crippen LogP contribution in [0.15, 0.2) is 0 Å². The lowest BCUT2D eigenvalue weighted by atomic mass is 10.3. The van der Waals surface area contributed by atoms with Crippen LogP contribution in [-0.4, -0.2) is 47.5 Å². The Labute approximate surface area is 70.9 Å². The molecule has 0 saturated carbocycles. The van der Waals surface area contributed by atoms with Crippen LogP contribution in [0.4, 0.5) is 0 Å². The fourth-order valence-electron chi connectivity index (χ4n) is 1.03. The van der Waals surface area contributed by atoms with Gasteiger partial charge in [-0.05, 0) is 12.2 Å². The Bertz CT molecular complexity index is 154. The van der Waals surface area contributed by atoms with Gasteiger partial charge in [0.15, 0.2) is 5.11 Å². The molecule has 0 amide bonds. The molecule has 1 fully saturated rings.